The van der Waals surface area contributed by atoms with E-state index in [0.717, 1.165) is 32.6 Å². The highest BCUT2D eigenvalue weighted by molar-refractivity contribution is 5.85. The Kier molecular flexibility index (Phi) is 4.65. The molecule has 0 unspecified atom stereocenters. The van der Waals surface area contributed by atoms with Crippen molar-refractivity contribution >= 4 is 11.9 Å². The van der Waals surface area contributed by atoms with E-state index in [2.05, 4.69) is 15.5 Å². The number of nitrogens with zero attached hydrogens (tertiary/aromatic N) is 1. The summed E-state index contributed by atoms with van der Waals surface area (Å²) in [5.74, 6) is -1.04. The van der Waals surface area contributed by atoms with Gasteiger partial charge < -0.3 is 15.7 Å². The molecule has 1 heterocycles. The third kappa shape index (κ3) is 3.30. The highest BCUT2D eigenvalue weighted by Crippen LogP contribution is 2.26. The first-order valence-corrected chi connectivity index (χ1v) is 7.41. The van der Waals surface area contributed by atoms with Crippen LogP contribution < -0.4 is 10.6 Å². The number of piperazine rings is 1. The molecule has 2 aliphatic rings. The van der Waals surface area contributed by atoms with Crippen LogP contribution in [0.2, 0.25) is 0 Å². The lowest BCUT2D eigenvalue weighted by Gasteiger charge is -2.40. The average molecular weight is 283 g/mol. The molecule has 2 rings (SSSR count). The third-order valence-electron chi connectivity index (χ3n) is 4.58. The topological polar surface area (TPSA) is 81.7 Å². The maximum absolute atomic E-state index is 12.5. The molecular formula is C14H25N3O3. The SMILES string of the molecule is CC(C)(C(=O)N[C@H]1CC[C@@H](C(=O)O)C1)N1CCNCC1. The van der Waals surface area contributed by atoms with E-state index in [-0.39, 0.29) is 17.9 Å². The molecule has 2 fully saturated rings. The Hall–Kier alpha value is -1.14. The average Bonchev–Trinajstić information content (AvgIpc) is 2.88. The van der Waals surface area contributed by atoms with Crippen LogP contribution in [0.4, 0.5) is 0 Å². The van der Waals surface area contributed by atoms with Gasteiger partial charge in [0.2, 0.25) is 5.91 Å². The van der Waals surface area contributed by atoms with Gasteiger partial charge in [0.25, 0.3) is 0 Å². The van der Waals surface area contributed by atoms with Crippen LogP contribution in [0, 0.1) is 5.92 Å². The summed E-state index contributed by atoms with van der Waals surface area (Å²) in [6, 6.07) is 0.00536. The summed E-state index contributed by atoms with van der Waals surface area (Å²) in [5, 5.41) is 15.3. The van der Waals surface area contributed by atoms with Crippen molar-refractivity contribution in [2.75, 3.05) is 26.2 Å². The molecule has 0 radical (unpaired) electrons. The van der Waals surface area contributed by atoms with Gasteiger partial charge in [-0.15, -0.1) is 0 Å². The van der Waals surface area contributed by atoms with Crippen LogP contribution in [0.25, 0.3) is 0 Å². The zero-order valence-electron chi connectivity index (χ0n) is 12.3. The van der Waals surface area contributed by atoms with Gasteiger partial charge in [0, 0.05) is 32.2 Å². The van der Waals surface area contributed by atoms with Gasteiger partial charge >= 0.3 is 5.97 Å². The van der Waals surface area contributed by atoms with Crippen molar-refractivity contribution in [1.82, 2.24) is 15.5 Å². The van der Waals surface area contributed by atoms with E-state index in [1.807, 2.05) is 13.8 Å². The fourth-order valence-corrected chi connectivity index (χ4v) is 3.07. The molecule has 6 nitrogen and oxygen atoms in total. The number of carbonyl (C=O) groups excluding carboxylic acids is 1. The maximum Gasteiger partial charge on any atom is 0.306 e. The number of hydrogen-bond donors (Lipinski definition) is 3. The van der Waals surface area contributed by atoms with Gasteiger partial charge in [-0.2, -0.15) is 0 Å². The standard InChI is InChI=1S/C14H25N3O3/c1-14(2,17-7-5-15-6-8-17)13(20)16-11-4-3-10(9-11)12(18)19/h10-11,15H,3-9H2,1-2H3,(H,16,20)(H,18,19)/t10-,11+/m1/s1. The minimum absolute atomic E-state index is 0.00536. The van der Waals surface area contributed by atoms with Crippen molar-refractivity contribution < 1.29 is 14.7 Å². The number of rotatable bonds is 4. The molecule has 0 aromatic carbocycles. The van der Waals surface area contributed by atoms with Gasteiger partial charge in [-0.25, -0.2) is 0 Å². The predicted octanol–water partition coefficient (Wildman–Crippen LogP) is 0.0397. The predicted molar refractivity (Wildman–Crippen MR) is 75.4 cm³/mol. The van der Waals surface area contributed by atoms with E-state index in [1.165, 1.54) is 0 Å². The van der Waals surface area contributed by atoms with Gasteiger partial charge in [-0.05, 0) is 33.1 Å². The highest BCUT2D eigenvalue weighted by atomic mass is 16.4. The number of carbonyl (C=O) groups is 2. The summed E-state index contributed by atoms with van der Waals surface area (Å²) in [6.45, 7) is 7.42. The molecule has 3 N–H and O–H groups in total. The van der Waals surface area contributed by atoms with Crippen molar-refractivity contribution in [2.45, 2.75) is 44.7 Å². The van der Waals surface area contributed by atoms with E-state index in [9.17, 15) is 9.59 Å². The Morgan fingerprint density at radius 2 is 1.90 bits per heavy atom. The Morgan fingerprint density at radius 1 is 1.25 bits per heavy atom. The smallest absolute Gasteiger partial charge is 0.306 e. The Balaban J connectivity index is 1.89. The minimum atomic E-state index is -0.747. The van der Waals surface area contributed by atoms with Gasteiger partial charge in [0.15, 0.2) is 0 Å². The number of carboxylic acid groups (broad SMARTS) is 1. The zero-order valence-corrected chi connectivity index (χ0v) is 12.3. The summed E-state index contributed by atoms with van der Waals surface area (Å²) in [7, 11) is 0. The second-order valence-electron chi connectivity index (χ2n) is 6.31. The molecule has 20 heavy (non-hydrogen) atoms. The fourth-order valence-electron chi connectivity index (χ4n) is 3.07. The van der Waals surface area contributed by atoms with Crippen LogP contribution >= 0.6 is 0 Å². The van der Waals surface area contributed by atoms with E-state index >= 15 is 0 Å². The molecule has 0 spiro atoms. The molecule has 0 aromatic rings. The molecule has 114 valence electrons. The number of carboxylic acids is 1. The summed E-state index contributed by atoms with van der Waals surface area (Å²) >= 11 is 0. The molecule has 2 atom stereocenters. The number of hydrogen-bond acceptors (Lipinski definition) is 4. The molecule has 6 heteroatoms. The van der Waals surface area contributed by atoms with E-state index in [4.69, 9.17) is 5.11 Å². The van der Waals surface area contributed by atoms with Gasteiger partial charge in [-0.3, -0.25) is 14.5 Å². The first-order chi connectivity index (χ1) is 9.41. The molecule has 1 aliphatic carbocycles. The zero-order chi connectivity index (χ0) is 14.8. The quantitative estimate of drug-likeness (QED) is 0.679. The molecule has 1 saturated carbocycles. The molecule has 1 aliphatic heterocycles. The van der Waals surface area contributed by atoms with Crippen molar-refractivity contribution in [3.05, 3.63) is 0 Å². The molecule has 1 saturated heterocycles. The second-order valence-corrected chi connectivity index (χ2v) is 6.31. The Morgan fingerprint density at radius 3 is 2.45 bits per heavy atom. The summed E-state index contributed by atoms with van der Waals surface area (Å²) in [5.41, 5.74) is -0.538. The van der Waals surface area contributed by atoms with Gasteiger partial charge in [0.05, 0.1) is 11.5 Å². The minimum Gasteiger partial charge on any atom is -0.481 e. The molecule has 0 aromatic heterocycles. The van der Waals surface area contributed by atoms with E-state index < -0.39 is 11.5 Å². The molecule has 1 amide bonds. The van der Waals surface area contributed by atoms with Crippen LogP contribution in [0.5, 0.6) is 0 Å². The first-order valence-electron chi connectivity index (χ1n) is 7.41. The normalized spacial score (nSPS) is 28.3. The lowest BCUT2D eigenvalue weighted by atomic mass is 9.99. The van der Waals surface area contributed by atoms with E-state index in [1.54, 1.807) is 0 Å². The Labute approximate surface area is 119 Å². The molecule has 0 bridgehead atoms. The van der Waals surface area contributed by atoms with Crippen LogP contribution in [0.1, 0.15) is 33.1 Å². The largest absolute Gasteiger partial charge is 0.481 e. The Bertz CT molecular complexity index is 378. The molecular weight excluding hydrogens is 258 g/mol. The van der Waals surface area contributed by atoms with Crippen molar-refractivity contribution in [1.29, 1.82) is 0 Å². The summed E-state index contributed by atoms with van der Waals surface area (Å²) in [6.07, 6.45) is 1.98. The van der Waals surface area contributed by atoms with Crippen LogP contribution in [0.15, 0.2) is 0 Å². The number of nitrogens with one attached hydrogen (secondary N) is 2. The highest BCUT2D eigenvalue weighted by Gasteiger charge is 2.38. The van der Waals surface area contributed by atoms with Crippen LogP contribution in [0.3, 0.4) is 0 Å². The number of aliphatic carboxylic acids is 1. The first kappa shape index (κ1) is 15.3. The van der Waals surface area contributed by atoms with Crippen molar-refractivity contribution in [2.24, 2.45) is 5.92 Å². The number of amides is 1. The maximum atomic E-state index is 12.5. The summed E-state index contributed by atoms with van der Waals surface area (Å²) < 4.78 is 0. The van der Waals surface area contributed by atoms with Gasteiger partial charge in [0.1, 0.15) is 0 Å². The second kappa shape index (κ2) is 6.10. The van der Waals surface area contributed by atoms with Crippen molar-refractivity contribution in [3.63, 3.8) is 0 Å². The van der Waals surface area contributed by atoms with Crippen LogP contribution in [-0.2, 0) is 9.59 Å². The monoisotopic (exact) mass is 283 g/mol. The van der Waals surface area contributed by atoms with E-state index in [0.29, 0.717) is 12.8 Å². The third-order valence-corrected chi connectivity index (χ3v) is 4.58. The summed E-state index contributed by atoms with van der Waals surface area (Å²) in [4.78, 5) is 25.6. The lowest BCUT2D eigenvalue weighted by Crippen LogP contribution is -2.60. The van der Waals surface area contributed by atoms with Gasteiger partial charge in [-0.1, -0.05) is 0 Å². The lowest BCUT2D eigenvalue weighted by molar-refractivity contribution is -0.141. The van der Waals surface area contributed by atoms with Crippen LogP contribution in [-0.4, -0.2) is 59.6 Å². The van der Waals surface area contributed by atoms with Crippen molar-refractivity contribution in [3.8, 4) is 0 Å². The fraction of sp³-hybridized carbons (Fsp3) is 0.857.